The second kappa shape index (κ2) is 5.74. The molecular formula is C12H10N4O4. The van der Waals surface area contributed by atoms with Gasteiger partial charge in [0.05, 0.1) is 12.0 Å². The Morgan fingerprint density at radius 1 is 1.35 bits per heavy atom. The first-order valence-electron chi connectivity index (χ1n) is 5.52. The monoisotopic (exact) mass is 274 g/mol. The summed E-state index contributed by atoms with van der Waals surface area (Å²) in [7, 11) is 1.42. The quantitative estimate of drug-likeness (QED) is 0.670. The first-order chi connectivity index (χ1) is 9.60. The number of amides is 1. The summed E-state index contributed by atoms with van der Waals surface area (Å²) in [5, 5.41) is 13.2. The molecule has 2 rings (SSSR count). The van der Waals surface area contributed by atoms with E-state index in [9.17, 15) is 14.9 Å². The van der Waals surface area contributed by atoms with Gasteiger partial charge in [0, 0.05) is 23.9 Å². The van der Waals surface area contributed by atoms with Crippen molar-refractivity contribution in [3.63, 3.8) is 0 Å². The highest BCUT2D eigenvalue weighted by molar-refractivity contribution is 6.03. The summed E-state index contributed by atoms with van der Waals surface area (Å²) < 4.78 is 4.89. The molecule has 0 spiro atoms. The molecule has 0 bridgehead atoms. The maximum atomic E-state index is 11.9. The molecule has 0 unspecified atom stereocenters. The number of non-ortho nitro benzene ring substituents is 1. The minimum Gasteiger partial charge on any atom is -0.481 e. The van der Waals surface area contributed by atoms with Crippen molar-refractivity contribution < 1.29 is 14.5 Å². The van der Waals surface area contributed by atoms with Gasteiger partial charge in [-0.3, -0.25) is 14.9 Å². The molecule has 8 heteroatoms. The van der Waals surface area contributed by atoms with E-state index in [0.717, 1.165) is 0 Å². The molecular weight excluding hydrogens is 264 g/mol. The number of nitrogens with zero attached hydrogens (tertiary/aromatic N) is 3. The zero-order chi connectivity index (χ0) is 14.5. The van der Waals surface area contributed by atoms with E-state index < -0.39 is 10.8 Å². The smallest absolute Gasteiger partial charge is 0.274 e. The molecule has 0 atom stereocenters. The van der Waals surface area contributed by atoms with Gasteiger partial charge >= 0.3 is 0 Å². The van der Waals surface area contributed by atoms with Crippen LogP contribution in [0.1, 0.15) is 10.5 Å². The summed E-state index contributed by atoms with van der Waals surface area (Å²) in [6.07, 6.45) is 1.20. The minimum absolute atomic E-state index is 0.100. The van der Waals surface area contributed by atoms with Crippen molar-refractivity contribution in [3.8, 4) is 5.88 Å². The Labute approximate surface area is 113 Å². The lowest BCUT2D eigenvalue weighted by Gasteiger charge is -2.05. The number of methoxy groups -OCH3 is 1. The van der Waals surface area contributed by atoms with Crippen molar-refractivity contribution in [2.75, 3.05) is 12.4 Å². The number of rotatable bonds is 4. The van der Waals surface area contributed by atoms with Gasteiger partial charge in [0.15, 0.2) is 0 Å². The second-order valence-electron chi connectivity index (χ2n) is 3.71. The zero-order valence-electron chi connectivity index (χ0n) is 10.4. The summed E-state index contributed by atoms with van der Waals surface area (Å²) in [4.78, 5) is 29.6. The minimum atomic E-state index is -0.538. The van der Waals surface area contributed by atoms with Crippen LogP contribution in [0, 0.1) is 10.1 Å². The lowest BCUT2D eigenvalue weighted by atomic mass is 10.2. The highest BCUT2D eigenvalue weighted by Crippen LogP contribution is 2.17. The molecule has 20 heavy (non-hydrogen) atoms. The van der Waals surface area contributed by atoms with Crippen LogP contribution in [0.5, 0.6) is 5.88 Å². The van der Waals surface area contributed by atoms with Crippen LogP contribution in [0.4, 0.5) is 11.4 Å². The van der Waals surface area contributed by atoms with Gasteiger partial charge in [0.25, 0.3) is 11.6 Å². The standard InChI is InChI=1S/C12H10N4O4/c1-20-11-6-10(13-7-14-11)12(17)15-8-3-2-4-9(5-8)16(18)19/h2-7H,1H3,(H,15,17). The molecule has 0 aliphatic heterocycles. The summed E-state index contributed by atoms with van der Waals surface area (Å²) in [5.74, 6) is -0.254. The van der Waals surface area contributed by atoms with Crippen LogP contribution in [0.3, 0.4) is 0 Å². The van der Waals surface area contributed by atoms with Gasteiger partial charge in [-0.1, -0.05) is 6.07 Å². The van der Waals surface area contributed by atoms with E-state index in [1.807, 2.05) is 0 Å². The maximum absolute atomic E-state index is 11.9. The first kappa shape index (κ1) is 13.4. The van der Waals surface area contributed by atoms with Crippen molar-refractivity contribution >= 4 is 17.3 Å². The molecule has 0 aliphatic carbocycles. The molecule has 1 N–H and O–H groups in total. The van der Waals surface area contributed by atoms with Crippen LogP contribution >= 0.6 is 0 Å². The fraction of sp³-hybridized carbons (Fsp3) is 0.0833. The van der Waals surface area contributed by atoms with Crippen molar-refractivity contribution in [2.45, 2.75) is 0 Å². The summed E-state index contributed by atoms with van der Waals surface area (Å²) >= 11 is 0. The molecule has 0 aliphatic rings. The molecule has 1 amide bonds. The molecule has 0 fully saturated rings. The molecule has 8 nitrogen and oxygen atoms in total. The number of nitro groups is 1. The Balaban J connectivity index is 2.18. The SMILES string of the molecule is COc1cc(C(=O)Nc2cccc([N+](=O)[O-])c2)ncn1. The van der Waals surface area contributed by atoms with E-state index in [-0.39, 0.29) is 17.3 Å². The molecule has 1 aromatic heterocycles. The van der Waals surface area contributed by atoms with Gasteiger partial charge in [-0.15, -0.1) is 0 Å². The molecule has 0 saturated carbocycles. The molecule has 0 radical (unpaired) electrons. The first-order valence-corrected chi connectivity index (χ1v) is 5.52. The van der Waals surface area contributed by atoms with Gasteiger partial charge in [-0.25, -0.2) is 9.97 Å². The Morgan fingerprint density at radius 3 is 2.85 bits per heavy atom. The summed E-state index contributed by atoms with van der Waals surface area (Å²) in [5.41, 5.74) is 0.299. The average Bonchev–Trinajstić information content (AvgIpc) is 2.47. The van der Waals surface area contributed by atoms with Crippen LogP contribution < -0.4 is 10.1 Å². The Kier molecular flexibility index (Phi) is 3.85. The summed E-state index contributed by atoms with van der Waals surface area (Å²) in [6.45, 7) is 0. The van der Waals surface area contributed by atoms with Gasteiger partial charge in [0.1, 0.15) is 12.0 Å². The van der Waals surface area contributed by atoms with Crippen LogP contribution in [0.25, 0.3) is 0 Å². The third kappa shape index (κ3) is 3.05. The number of carbonyl (C=O) groups is 1. The Hall–Kier alpha value is -3.03. The van der Waals surface area contributed by atoms with E-state index in [2.05, 4.69) is 15.3 Å². The van der Waals surface area contributed by atoms with Gasteiger partial charge in [-0.05, 0) is 6.07 Å². The molecule has 1 aromatic carbocycles. The molecule has 1 heterocycles. The van der Waals surface area contributed by atoms with Crippen LogP contribution in [-0.2, 0) is 0 Å². The van der Waals surface area contributed by atoms with Gasteiger partial charge in [-0.2, -0.15) is 0 Å². The number of ether oxygens (including phenoxy) is 1. The van der Waals surface area contributed by atoms with Crippen molar-refractivity contribution in [1.29, 1.82) is 0 Å². The number of aromatic nitrogens is 2. The number of hydrogen-bond donors (Lipinski definition) is 1. The zero-order valence-corrected chi connectivity index (χ0v) is 10.4. The highest BCUT2D eigenvalue weighted by atomic mass is 16.6. The normalized spacial score (nSPS) is 9.85. The van der Waals surface area contributed by atoms with E-state index in [1.165, 1.54) is 37.7 Å². The van der Waals surface area contributed by atoms with Gasteiger partial charge in [0.2, 0.25) is 5.88 Å². The predicted octanol–water partition coefficient (Wildman–Crippen LogP) is 1.65. The van der Waals surface area contributed by atoms with E-state index in [1.54, 1.807) is 6.07 Å². The van der Waals surface area contributed by atoms with E-state index >= 15 is 0 Å². The van der Waals surface area contributed by atoms with Crippen LogP contribution in [0.15, 0.2) is 36.7 Å². The third-order valence-electron chi connectivity index (χ3n) is 2.40. The average molecular weight is 274 g/mol. The highest BCUT2D eigenvalue weighted by Gasteiger charge is 2.11. The topological polar surface area (TPSA) is 107 Å². The van der Waals surface area contributed by atoms with Gasteiger partial charge < -0.3 is 10.1 Å². The van der Waals surface area contributed by atoms with Crippen LogP contribution in [0.2, 0.25) is 0 Å². The lowest BCUT2D eigenvalue weighted by molar-refractivity contribution is -0.384. The number of nitro benzene ring substituents is 1. The largest absolute Gasteiger partial charge is 0.481 e. The predicted molar refractivity (Wildman–Crippen MR) is 69.6 cm³/mol. The number of carbonyl (C=O) groups excluding carboxylic acids is 1. The van der Waals surface area contributed by atoms with Crippen molar-refractivity contribution in [2.24, 2.45) is 0 Å². The van der Waals surface area contributed by atoms with Crippen LogP contribution in [-0.4, -0.2) is 27.9 Å². The second-order valence-corrected chi connectivity index (χ2v) is 3.71. The summed E-state index contributed by atoms with van der Waals surface area (Å²) in [6, 6.07) is 6.99. The third-order valence-corrected chi connectivity index (χ3v) is 2.40. The number of hydrogen-bond acceptors (Lipinski definition) is 6. The Morgan fingerprint density at radius 2 is 2.15 bits per heavy atom. The molecule has 102 valence electrons. The number of nitrogens with one attached hydrogen (secondary N) is 1. The maximum Gasteiger partial charge on any atom is 0.274 e. The number of benzene rings is 1. The lowest BCUT2D eigenvalue weighted by Crippen LogP contribution is -2.14. The van der Waals surface area contributed by atoms with E-state index in [0.29, 0.717) is 5.69 Å². The fourth-order valence-corrected chi connectivity index (χ4v) is 1.47. The fourth-order valence-electron chi connectivity index (χ4n) is 1.47. The van der Waals surface area contributed by atoms with Crippen molar-refractivity contribution in [3.05, 3.63) is 52.5 Å². The van der Waals surface area contributed by atoms with Crippen molar-refractivity contribution in [1.82, 2.24) is 9.97 Å². The van der Waals surface area contributed by atoms with E-state index in [4.69, 9.17) is 4.74 Å². The molecule has 0 saturated heterocycles. The molecule has 2 aromatic rings. The Bertz CT molecular complexity index is 659. The number of anilines is 1.